The van der Waals surface area contributed by atoms with Crippen LogP contribution in [0.1, 0.15) is 19.4 Å². The molecule has 1 N–H and O–H groups in total. The summed E-state index contributed by atoms with van der Waals surface area (Å²) in [5.74, 6) is 0. The highest BCUT2D eigenvalue weighted by atomic mass is 16.5. The van der Waals surface area contributed by atoms with Crippen LogP contribution in [0.15, 0.2) is 24.5 Å². The summed E-state index contributed by atoms with van der Waals surface area (Å²) in [5, 5.41) is 10.7. The minimum Gasteiger partial charge on any atom is -0.313 e. The van der Waals surface area contributed by atoms with Gasteiger partial charge in [-0.05, 0) is 25.5 Å². The van der Waals surface area contributed by atoms with Gasteiger partial charge in [-0.3, -0.25) is 4.98 Å². The average molecular weight is 166 g/mol. The second-order valence-corrected chi connectivity index (χ2v) is 3.05. The van der Waals surface area contributed by atoms with E-state index in [2.05, 4.69) is 4.98 Å². The predicted octanol–water partition coefficient (Wildman–Crippen LogP) is 1.68. The van der Waals surface area contributed by atoms with Gasteiger partial charge in [-0.15, -0.1) is 0 Å². The molecule has 0 saturated carbocycles. The first-order valence-electron chi connectivity index (χ1n) is 4.04. The maximum atomic E-state index is 9.39. The second-order valence-electron chi connectivity index (χ2n) is 3.05. The van der Waals surface area contributed by atoms with Crippen LogP contribution in [-0.2, 0) is 6.54 Å². The average Bonchev–Trinajstić information content (AvgIpc) is 2.06. The van der Waals surface area contributed by atoms with E-state index in [1.54, 1.807) is 12.4 Å². The molecule has 1 aromatic heterocycles. The Morgan fingerprint density at radius 2 is 2.33 bits per heavy atom. The van der Waals surface area contributed by atoms with E-state index < -0.39 is 0 Å². The predicted molar refractivity (Wildman–Crippen MR) is 46.7 cm³/mol. The largest absolute Gasteiger partial charge is 0.313 e. The molecule has 0 aliphatic rings. The molecular weight excluding hydrogens is 152 g/mol. The van der Waals surface area contributed by atoms with Crippen molar-refractivity contribution in [2.24, 2.45) is 0 Å². The van der Waals surface area contributed by atoms with Crippen molar-refractivity contribution >= 4 is 0 Å². The fraction of sp³-hybridized carbons (Fsp3) is 0.444. The van der Waals surface area contributed by atoms with E-state index in [0.29, 0.717) is 6.54 Å². The standard InChI is InChI=1S/C9H14N2O/c1-8(2)11(12)7-9-4-3-5-10-6-9/h3-6,8,12H,7H2,1-2H3. The molecule has 1 aromatic rings. The Balaban J connectivity index is 2.53. The fourth-order valence-corrected chi connectivity index (χ4v) is 0.861. The van der Waals surface area contributed by atoms with Crippen molar-refractivity contribution in [2.75, 3.05) is 0 Å². The van der Waals surface area contributed by atoms with Crippen molar-refractivity contribution in [3.63, 3.8) is 0 Å². The number of hydrogen-bond donors (Lipinski definition) is 1. The van der Waals surface area contributed by atoms with Crippen LogP contribution >= 0.6 is 0 Å². The van der Waals surface area contributed by atoms with E-state index in [-0.39, 0.29) is 6.04 Å². The molecule has 0 unspecified atom stereocenters. The summed E-state index contributed by atoms with van der Waals surface area (Å²) in [6.45, 7) is 4.41. The van der Waals surface area contributed by atoms with Gasteiger partial charge in [0.25, 0.3) is 0 Å². The summed E-state index contributed by atoms with van der Waals surface area (Å²) in [5.41, 5.74) is 1.02. The van der Waals surface area contributed by atoms with Crippen LogP contribution in [0.2, 0.25) is 0 Å². The van der Waals surface area contributed by atoms with Crippen molar-refractivity contribution in [1.29, 1.82) is 0 Å². The Labute approximate surface area is 72.6 Å². The van der Waals surface area contributed by atoms with Gasteiger partial charge in [0.05, 0.1) is 6.54 Å². The maximum Gasteiger partial charge on any atom is 0.0506 e. The van der Waals surface area contributed by atoms with Crippen LogP contribution in [0.25, 0.3) is 0 Å². The lowest BCUT2D eigenvalue weighted by molar-refractivity contribution is -0.125. The summed E-state index contributed by atoms with van der Waals surface area (Å²) in [7, 11) is 0. The number of nitrogens with zero attached hydrogens (tertiary/aromatic N) is 2. The van der Waals surface area contributed by atoms with Gasteiger partial charge in [0, 0.05) is 18.4 Å². The highest BCUT2D eigenvalue weighted by molar-refractivity contribution is 5.07. The first-order valence-corrected chi connectivity index (χ1v) is 4.04. The monoisotopic (exact) mass is 166 g/mol. The summed E-state index contributed by atoms with van der Waals surface area (Å²) < 4.78 is 0. The Morgan fingerprint density at radius 3 is 2.83 bits per heavy atom. The van der Waals surface area contributed by atoms with Gasteiger partial charge in [-0.2, -0.15) is 5.06 Å². The molecule has 0 radical (unpaired) electrons. The molecule has 0 saturated heterocycles. The third-order valence-electron chi connectivity index (χ3n) is 1.66. The molecule has 0 aliphatic carbocycles. The van der Waals surface area contributed by atoms with E-state index in [0.717, 1.165) is 5.56 Å². The van der Waals surface area contributed by atoms with Crippen molar-refractivity contribution in [1.82, 2.24) is 10.0 Å². The number of hydrogen-bond acceptors (Lipinski definition) is 3. The van der Waals surface area contributed by atoms with Crippen LogP contribution in [0, 0.1) is 0 Å². The molecule has 0 aliphatic heterocycles. The van der Waals surface area contributed by atoms with Crippen molar-refractivity contribution in [3.8, 4) is 0 Å². The third kappa shape index (κ3) is 2.60. The zero-order valence-electron chi connectivity index (χ0n) is 7.44. The highest BCUT2D eigenvalue weighted by Crippen LogP contribution is 2.02. The number of rotatable bonds is 3. The molecule has 12 heavy (non-hydrogen) atoms. The van der Waals surface area contributed by atoms with Gasteiger partial charge in [0.2, 0.25) is 0 Å². The van der Waals surface area contributed by atoms with Crippen molar-refractivity contribution in [3.05, 3.63) is 30.1 Å². The Hall–Kier alpha value is -0.930. The fourth-order valence-electron chi connectivity index (χ4n) is 0.861. The van der Waals surface area contributed by atoms with Crippen LogP contribution in [-0.4, -0.2) is 21.3 Å². The Kier molecular flexibility index (Phi) is 3.19. The quantitative estimate of drug-likeness (QED) is 0.694. The molecular formula is C9H14N2O. The Morgan fingerprint density at radius 1 is 1.58 bits per heavy atom. The molecule has 1 heterocycles. The normalized spacial score (nSPS) is 11.1. The smallest absolute Gasteiger partial charge is 0.0506 e. The minimum absolute atomic E-state index is 0.144. The minimum atomic E-state index is 0.144. The molecule has 0 amide bonds. The molecule has 3 heteroatoms. The van der Waals surface area contributed by atoms with E-state index >= 15 is 0 Å². The van der Waals surface area contributed by atoms with Crippen LogP contribution in [0.3, 0.4) is 0 Å². The van der Waals surface area contributed by atoms with E-state index in [9.17, 15) is 5.21 Å². The summed E-state index contributed by atoms with van der Waals surface area (Å²) in [6.07, 6.45) is 3.48. The molecule has 1 rings (SSSR count). The molecule has 66 valence electrons. The molecule has 0 aromatic carbocycles. The summed E-state index contributed by atoms with van der Waals surface area (Å²) >= 11 is 0. The van der Waals surface area contributed by atoms with Gasteiger partial charge in [-0.25, -0.2) is 0 Å². The van der Waals surface area contributed by atoms with Gasteiger partial charge >= 0.3 is 0 Å². The molecule has 0 bridgehead atoms. The first kappa shape index (κ1) is 9.16. The zero-order chi connectivity index (χ0) is 8.97. The van der Waals surface area contributed by atoms with Crippen LogP contribution < -0.4 is 0 Å². The van der Waals surface area contributed by atoms with Crippen LogP contribution in [0.5, 0.6) is 0 Å². The topological polar surface area (TPSA) is 36.4 Å². The molecule has 0 spiro atoms. The van der Waals surface area contributed by atoms with Gasteiger partial charge in [-0.1, -0.05) is 6.07 Å². The Bertz CT molecular complexity index is 223. The lowest BCUT2D eigenvalue weighted by Crippen LogP contribution is -2.26. The molecule has 0 fully saturated rings. The zero-order valence-corrected chi connectivity index (χ0v) is 7.44. The van der Waals surface area contributed by atoms with Crippen molar-refractivity contribution in [2.45, 2.75) is 26.4 Å². The van der Waals surface area contributed by atoms with E-state index in [1.807, 2.05) is 26.0 Å². The van der Waals surface area contributed by atoms with Gasteiger partial charge in [0.15, 0.2) is 0 Å². The van der Waals surface area contributed by atoms with Gasteiger partial charge < -0.3 is 5.21 Å². The lowest BCUT2D eigenvalue weighted by Gasteiger charge is -2.18. The molecule has 0 atom stereocenters. The van der Waals surface area contributed by atoms with Crippen molar-refractivity contribution < 1.29 is 5.21 Å². The van der Waals surface area contributed by atoms with E-state index in [4.69, 9.17) is 0 Å². The maximum absolute atomic E-state index is 9.39. The SMILES string of the molecule is CC(C)N(O)Cc1cccnc1. The number of hydroxylamine groups is 2. The van der Waals surface area contributed by atoms with E-state index in [1.165, 1.54) is 5.06 Å². The number of aromatic nitrogens is 1. The number of pyridine rings is 1. The lowest BCUT2D eigenvalue weighted by atomic mass is 10.2. The second kappa shape index (κ2) is 4.18. The first-order chi connectivity index (χ1) is 5.70. The molecule has 3 nitrogen and oxygen atoms in total. The summed E-state index contributed by atoms with van der Waals surface area (Å²) in [6, 6.07) is 3.95. The highest BCUT2D eigenvalue weighted by Gasteiger charge is 2.05. The third-order valence-corrected chi connectivity index (χ3v) is 1.66. The van der Waals surface area contributed by atoms with Gasteiger partial charge in [0.1, 0.15) is 0 Å². The summed E-state index contributed by atoms with van der Waals surface area (Å²) in [4.78, 5) is 3.96. The van der Waals surface area contributed by atoms with Crippen LogP contribution in [0.4, 0.5) is 0 Å².